The molecular formula is C12H10BrN3O5. The molecule has 0 unspecified atom stereocenters. The van der Waals surface area contributed by atoms with Gasteiger partial charge in [0.15, 0.2) is 6.61 Å². The number of halogens is 1. The van der Waals surface area contributed by atoms with Gasteiger partial charge in [0.2, 0.25) is 5.89 Å². The molecule has 110 valence electrons. The Bertz CT molecular complexity index is 685. The van der Waals surface area contributed by atoms with Gasteiger partial charge in [-0.1, -0.05) is 5.10 Å². The number of amides is 1. The van der Waals surface area contributed by atoms with Crippen molar-refractivity contribution in [2.75, 3.05) is 11.9 Å². The van der Waals surface area contributed by atoms with E-state index in [-0.39, 0.29) is 23.9 Å². The smallest absolute Gasteiger partial charge is 0.335 e. The number of nitrogens with one attached hydrogen (secondary N) is 1. The number of carboxylic acids is 1. The zero-order valence-corrected chi connectivity index (χ0v) is 12.4. The molecule has 0 fully saturated rings. The number of rotatable bonds is 5. The molecule has 21 heavy (non-hydrogen) atoms. The second-order valence-electron chi connectivity index (χ2n) is 3.91. The van der Waals surface area contributed by atoms with E-state index in [4.69, 9.17) is 14.3 Å². The first-order valence-electron chi connectivity index (χ1n) is 5.71. The van der Waals surface area contributed by atoms with Crippen molar-refractivity contribution in [1.82, 2.24) is 10.2 Å². The van der Waals surface area contributed by atoms with Crippen LogP contribution in [0.2, 0.25) is 0 Å². The van der Waals surface area contributed by atoms with E-state index in [1.165, 1.54) is 18.2 Å². The van der Waals surface area contributed by atoms with Crippen molar-refractivity contribution in [3.05, 3.63) is 34.1 Å². The summed E-state index contributed by atoms with van der Waals surface area (Å²) < 4.78 is 10.8. The molecule has 0 spiro atoms. The lowest BCUT2D eigenvalue weighted by molar-refractivity contribution is -0.118. The molecule has 0 bridgehead atoms. The molecule has 2 aromatic rings. The Morgan fingerprint density at radius 1 is 1.43 bits per heavy atom. The number of carbonyl (C=O) groups excluding carboxylic acids is 1. The number of benzene rings is 1. The number of carboxylic acid groups (broad SMARTS) is 1. The molecule has 1 aromatic heterocycles. The average molecular weight is 356 g/mol. The van der Waals surface area contributed by atoms with Gasteiger partial charge in [-0.2, -0.15) is 0 Å². The van der Waals surface area contributed by atoms with Crippen LogP contribution in [0.1, 0.15) is 16.2 Å². The highest BCUT2D eigenvalue weighted by Crippen LogP contribution is 2.26. The number of ether oxygens (including phenoxy) is 1. The highest BCUT2D eigenvalue weighted by Gasteiger charge is 2.12. The predicted octanol–water partition coefficient (Wildman–Crippen LogP) is 1.86. The van der Waals surface area contributed by atoms with Gasteiger partial charge < -0.3 is 14.3 Å². The maximum absolute atomic E-state index is 11.6. The van der Waals surface area contributed by atoms with Gasteiger partial charge in [0.1, 0.15) is 5.75 Å². The third-order valence-corrected chi connectivity index (χ3v) is 2.96. The van der Waals surface area contributed by atoms with E-state index in [0.29, 0.717) is 10.4 Å². The van der Waals surface area contributed by atoms with Crippen LogP contribution in [0.3, 0.4) is 0 Å². The number of aromatic nitrogens is 2. The maximum Gasteiger partial charge on any atom is 0.335 e. The summed E-state index contributed by atoms with van der Waals surface area (Å²) in [6, 6.07) is 4.23. The fourth-order valence-corrected chi connectivity index (χ4v) is 1.75. The first-order chi connectivity index (χ1) is 9.95. The molecule has 2 N–H and O–H groups in total. The number of aryl methyl sites for hydroxylation is 1. The summed E-state index contributed by atoms with van der Waals surface area (Å²) in [6.45, 7) is 1.26. The topological polar surface area (TPSA) is 115 Å². The van der Waals surface area contributed by atoms with Crippen molar-refractivity contribution >= 4 is 33.8 Å². The average Bonchev–Trinajstić information content (AvgIpc) is 2.82. The normalized spacial score (nSPS) is 10.2. The third kappa shape index (κ3) is 4.02. The lowest BCUT2D eigenvalue weighted by Crippen LogP contribution is -2.20. The van der Waals surface area contributed by atoms with E-state index in [0.717, 1.165) is 0 Å². The molecule has 1 heterocycles. The molecule has 2 rings (SSSR count). The first kappa shape index (κ1) is 15.0. The Hall–Kier alpha value is -2.42. The highest BCUT2D eigenvalue weighted by atomic mass is 79.9. The van der Waals surface area contributed by atoms with E-state index in [2.05, 4.69) is 31.4 Å². The Balaban J connectivity index is 1.97. The number of carbonyl (C=O) groups is 2. The van der Waals surface area contributed by atoms with Crippen LogP contribution in [0, 0.1) is 6.92 Å². The standard InChI is InChI=1S/C12H10BrN3O5/c1-6-15-16-12(21-6)14-10(17)5-20-9-4-7(11(18)19)2-3-8(9)13/h2-4H,5H2,1H3,(H,18,19)(H,14,16,17). The highest BCUT2D eigenvalue weighted by molar-refractivity contribution is 9.10. The second-order valence-corrected chi connectivity index (χ2v) is 4.77. The van der Waals surface area contributed by atoms with Gasteiger partial charge in [-0.3, -0.25) is 10.1 Å². The van der Waals surface area contributed by atoms with Gasteiger partial charge in [0.05, 0.1) is 10.0 Å². The Labute approximate surface area is 127 Å². The van der Waals surface area contributed by atoms with Crippen molar-refractivity contribution in [1.29, 1.82) is 0 Å². The van der Waals surface area contributed by atoms with Crippen molar-refractivity contribution < 1.29 is 23.8 Å². The predicted molar refractivity (Wildman–Crippen MR) is 74.3 cm³/mol. The molecule has 0 aliphatic heterocycles. The molecule has 0 aliphatic rings. The number of aromatic carboxylic acids is 1. The van der Waals surface area contributed by atoms with Gasteiger partial charge in [-0.05, 0) is 34.1 Å². The fraction of sp³-hybridized carbons (Fsp3) is 0.167. The van der Waals surface area contributed by atoms with E-state index in [9.17, 15) is 9.59 Å². The summed E-state index contributed by atoms with van der Waals surface area (Å²) in [5.74, 6) is -1.03. The van der Waals surface area contributed by atoms with Crippen LogP contribution in [0.25, 0.3) is 0 Å². The minimum atomic E-state index is -1.09. The molecule has 0 atom stereocenters. The summed E-state index contributed by atoms with van der Waals surface area (Å²) in [5, 5.41) is 18.4. The molecule has 0 aliphatic carbocycles. The summed E-state index contributed by atoms with van der Waals surface area (Å²) in [7, 11) is 0. The van der Waals surface area contributed by atoms with Crippen molar-refractivity contribution in [3.63, 3.8) is 0 Å². The minimum absolute atomic E-state index is 0.0283. The number of hydrogen-bond acceptors (Lipinski definition) is 6. The van der Waals surface area contributed by atoms with Crippen molar-refractivity contribution in [3.8, 4) is 5.75 Å². The summed E-state index contributed by atoms with van der Waals surface area (Å²) in [5.41, 5.74) is 0.0566. The van der Waals surface area contributed by atoms with Gasteiger partial charge in [-0.15, -0.1) is 5.10 Å². The Morgan fingerprint density at radius 2 is 2.19 bits per heavy atom. The third-order valence-electron chi connectivity index (χ3n) is 2.31. The second kappa shape index (κ2) is 6.35. The molecule has 8 nitrogen and oxygen atoms in total. The summed E-state index contributed by atoms with van der Waals surface area (Å²) in [6.07, 6.45) is 0. The quantitative estimate of drug-likeness (QED) is 0.840. The van der Waals surface area contributed by atoms with Crippen LogP contribution in [-0.2, 0) is 4.79 Å². The molecule has 9 heteroatoms. The van der Waals surface area contributed by atoms with Crippen LogP contribution in [0.15, 0.2) is 27.1 Å². The van der Waals surface area contributed by atoms with Crippen LogP contribution in [0.5, 0.6) is 5.75 Å². The fourth-order valence-electron chi connectivity index (χ4n) is 1.39. The lowest BCUT2D eigenvalue weighted by Gasteiger charge is -2.08. The van der Waals surface area contributed by atoms with Gasteiger partial charge in [0, 0.05) is 6.92 Å². The number of anilines is 1. The van der Waals surface area contributed by atoms with Gasteiger partial charge in [0.25, 0.3) is 5.91 Å². The maximum atomic E-state index is 11.6. The zero-order valence-electron chi connectivity index (χ0n) is 10.8. The van der Waals surface area contributed by atoms with Crippen LogP contribution >= 0.6 is 15.9 Å². The van der Waals surface area contributed by atoms with E-state index in [1.54, 1.807) is 6.92 Å². The number of nitrogens with zero attached hydrogens (tertiary/aromatic N) is 2. The van der Waals surface area contributed by atoms with E-state index in [1.807, 2.05) is 0 Å². The molecule has 0 saturated heterocycles. The first-order valence-corrected chi connectivity index (χ1v) is 6.50. The SMILES string of the molecule is Cc1nnc(NC(=O)COc2cc(C(=O)O)ccc2Br)o1. The van der Waals surface area contributed by atoms with Crippen LogP contribution < -0.4 is 10.1 Å². The molecule has 0 saturated carbocycles. The van der Waals surface area contributed by atoms with Crippen molar-refractivity contribution in [2.24, 2.45) is 0 Å². The summed E-state index contributed by atoms with van der Waals surface area (Å²) in [4.78, 5) is 22.5. The molecule has 0 radical (unpaired) electrons. The summed E-state index contributed by atoms with van der Waals surface area (Å²) >= 11 is 3.21. The monoisotopic (exact) mass is 355 g/mol. The Morgan fingerprint density at radius 3 is 2.81 bits per heavy atom. The van der Waals surface area contributed by atoms with Crippen LogP contribution in [-0.4, -0.2) is 33.8 Å². The van der Waals surface area contributed by atoms with Gasteiger partial charge >= 0.3 is 12.0 Å². The van der Waals surface area contributed by atoms with E-state index >= 15 is 0 Å². The number of hydrogen-bond donors (Lipinski definition) is 2. The molecular weight excluding hydrogens is 346 g/mol. The largest absolute Gasteiger partial charge is 0.483 e. The zero-order chi connectivity index (χ0) is 15.4. The Kier molecular flexibility index (Phi) is 4.53. The van der Waals surface area contributed by atoms with E-state index < -0.39 is 11.9 Å². The minimum Gasteiger partial charge on any atom is -0.483 e. The van der Waals surface area contributed by atoms with Crippen LogP contribution in [0.4, 0.5) is 6.01 Å². The lowest BCUT2D eigenvalue weighted by atomic mass is 10.2. The van der Waals surface area contributed by atoms with Gasteiger partial charge in [-0.25, -0.2) is 4.79 Å². The van der Waals surface area contributed by atoms with Crippen molar-refractivity contribution in [2.45, 2.75) is 6.92 Å². The molecule has 1 aromatic carbocycles. The molecule has 1 amide bonds.